The molecule has 1 aromatic heterocycles. The maximum absolute atomic E-state index is 13.6. The van der Waals surface area contributed by atoms with Gasteiger partial charge >= 0.3 is 0 Å². The van der Waals surface area contributed by atoms with E-state index in [9.17, 15) is 14.4 Å². The molecule has 0 unspecified atom stereocenters. The highest BCUT2D eigenvalue weighted by molar-refractivity contribution is 5.96. The SMILES string of the molecule is COc1ccc(F)cc1C(=O)NCc1ccc(-c2nccc(OCc3ccccc3)c2C#N)c(C)c1. The Morgan fingerprint density at radius 1 is 1.03 bits per heavy atom. The number of rotatable bonds is 8. The van der Waals surface area contributed by atoms with Gasteiger partial charge in [0.05, 0.1) is 18.4 Å². The minimum absolute atomic E-state index is 0.126. The lowest BCUT2D eigenvalue weighted by Gasteiger charge is -2.14. The van der Waals surface area contributed by atoms with Crippen molar-refractivity contribution in [2.45, 2.75) is 20.1 Å². The van der Waals surface area contributed by atoms with Gasteiger partial charge in [-0.15, -0.1) is 0 Å². The van der Waals surface area contributed by atoms with Crippen LogP contribution < -0.4 is 14.8 Å². The summed E-state index contributed by atoms with van der Waals surface area (Å²) in [7, 11) is 1.43. The van der Waals surface area contributed by atoms with Gasteiger partial charge in [0.1, 0.15) is 35.6 Å². The Hall–Kier alpha value is -4.70. The molecular weight excluding hydrogens is 457 g/mol. The molecule has 180 valence electrons. The second kappa shape index (κ2) is 11.2. The van der Waals surface area contributed by atoms with Crippen molar-refractivity contribution < 1.29 is 18.7 Å². The summed E-state index contributed by atoms with van der Waals surface area (Å²) in [6.45, 7) is 2.49. The van der Waals surface area contributed by atoms with E-state index in [1.54, 1.807) is 12.3 Å². The lowest BCUT2D eigenvalue weighted by atomic mass is 9.98. The van der Waals surface area contributed by atoms with Crippen LogP contribution in [0, 0.1) is 24.1 Å². The fourth-order valence-electron chi connectivity index (χ4n) is 3.85. The molecule has 3 aromatic carbocycles. The number of carbonyl (C=O) groups excluding carboxylic acids is 1. The van der Waals surface area contributed by atoms with Gasteiger partial charge in [-0.2, -0.15) is 5.26 Å². The Labute approximate surface area is 209 Å². The summed E-state index contributed by atoms with van der Waals surface area (Å²) in [5, 5.41) is 12.7. The zero-order valence-corrected chi connectivity index (χ0v) is 19.9. The van der Waals surface area contributed by atoms with E-state index in [0.29, 0.717) is 29.4 Å². The molecule has 36 heavy (non-hydrogen) atoms. The Morgan fingerprint density at radius 3 is 2.56 bits per heavy atom. The van der Waals surface area contributed by atoms with E-state index >= 15 is 0 Å². The molecule has 7 heteroatoms. The van der Waals surface area contributed by atoms with Crippen molar-refractivity contribution in [3.05, 3.63) is 113 Å². The van der Waals surface area contributed by atoms with Gasteiger partial charge in [-0.3, -0.25) is 9.78 Å². The van der Waals surface area contributed by atoms with Gasteiger partial charge in [0.2, 0.25) is 0 Å². The number of pyridine rings is 1. The lowest BCUT2D eigenvalue weighted by molar-refractivity contribution is 0.0947. The fourth-order valence-corrected chi connectivity index (χ4v) is 3.85. The van der Waals surface area contributed by atoms with Crippen LogP contribution in [0.4, 0.5) is 4.39 Å². The van der Waals surface area contributed by atoms with Gasteiger partial charge in [0.15, 0.2) is 0 Å². The van der Waals surface area contributed by atoms with Gasteiger partial charge in [0.25, 0.3) is 5.91 Å². The summed E-state index contributed by atoms with van der Waals surface area (Å²) >= 11 is 0. The number of methoxy groups -OCH3 is 1. The maximum Gasteiger partial charge on any atom is 0.255 e. The van der Waals surface area contributed by atoms with E-state index in [4.69, 9.17) is 9.47 Å². The number of halogens is 1. The van der Waals surface area contributed by atoms with E-state index < -0.39 is 11.7 Å². The van der Waals surface area contributed by atoms with Crippen molar-refractivity contribution in [3.8, 4) is 28.8 Å². The first-order valence-corrected chi connectivity index (χ1v) is 11.3. The Balaban J connectivity index is 1.51. The van der Waals surface area contributed by atoms with Crippen LogP contribution in [0.15, 0.2) is 79.0 Å². The monoisotopic (exact) mass is 481 g/mol. The molecule has 0 saturated carbocycles. The highest BCUT2D eigenvalue weighted by Crippen LogP contribution is 2.31. The quantitative estimate of drug-likeness (QED) is 0.355. The number of carbonyl (C=O) groups is 1. The number of aryl methyl sites for hydroxylation is 1. The lowest BCUT2D eigenvalue weighted by Crippen LogP contribution is -2.23. The Kier molecular flexibility index (Phi) is 7.57. The molecule has 0 aliphatic heterocycles. The van der Waals surface area contributed by atoms with Crippen LogP contribution in [0.5, 0.6) is 11.5 Å². The third kappa shape index (κ3) is 5.50. The number of ether oxygens (including phenoxy) is 2. The maximum atomic E-state index is 13.6. The minimum Gasteiger partial charge on any atom is -0.496 e. The number of hydrogen-bond acceptors (Lipinski definition) is 5. The van der Waals surface area contributed by atoms with Crippen LogP contribution in [-0.2, 0) is 13.2 Å². The number of nitrogens with zero attached hydrogens (tertiary/aromatic N) is 2. The standard InChI is InChI=1S/C29H24FN3O3/c1-19-14-21(17-33-29(34)24-15-22(30)9-11-26(24)35-2)8-10-23(19)28-25(16-31)27(12-13-32-28)36-18-20-6-4-3-5-7-20/h3-15H,17-18H2,1-2H3,(H,33,34). The van der Waals surface area contributed by atoms with Crippen LogP contribution in [0.3, 0.4) is 0 Å². The molecule has 4 rings (SSSR count). The van der Waals surface area contributed by atoms with Gasteiger partial charge < -0.3 is 14.8 Å². The van der Waals surface area contributed by atoms with E-state index in [-0.39, 0.29) is 12.1 Å². The Bertz CT molecular complexity index is 1430. The topological polar surface area (TPSA) is 84.2 Å². The van der Waals surface area contributed by atoms with Crippen molar-refractivity contribution in [2.24, 2.45) is 0 Å². The fraction of sp³-hybridized carbons (Fsp3) is 0.138. The summed E-state index contributed by atoms with van der Waals surface area (Å²) in [5.41, 5.74) is 4.53. The Morgan fingerprint density at radius 2 is 1.83 bits per heavy atom. The second-order valence-corrected chi connectivity index (χ2v) is 8.10. The van der Waals surface area contributed by atoms with E-state index in [1.165, 1.54) is 19.2 Å². The first-order chi connectivity index (χ1) is 17.5. The largest absolute Gasteiger partial charge is 0.496 e. The van der Waals surface area contributed by atoms with Crippen molar-refractivity contribution in [1.29, 1.82) is 5.26 Å². The molecule has 0 aliphatic carbocycles. The van der Waals surface area contributed by atoms with Crippen molar-refractivity contribution in [2.75, 3.05) is 7.11 Å². The van der Waals surface area contributed by atoms with E-state index in [1.807, 2.05) is 55.5 Å². The zero-order valence-electron chi connectivity index (χ0n) is 19.9. The first-order valence-electron chi connectivity index (χ1n) is 11.3. The van der Waals surface area contributed by atoms with Crippen LogP contribution in [0.1, 0.15) is 32.6 Å². The predicted molar refractivity (Wildman–Crippen MR) is 134 cm³/mol. The summed E-state index contributed by atoms with van der Waals surface area (Å²) < 4.78 is 24.7. The molecule has 1 amide bonds. The number of nitrogens with one attached hydrogen (secondary N) is 1. The van der Waals surface area contributed by atoms with Gasteiger partial charge in [-0.05, 0) is 47.9 Å². The van der Waals surface area contributed by atoms with Crippen LogP contribution in [-0.4, -0.2) is 18.0 Å². The summed E-state index contributed by atoms with van der Waals surface area (Å²) in [6.07, 6.45) is 1.62. The van der Waals surface area contributed by atoms with Crippen LogP contribution >= 0.6 is 0 Å². The molecule has 0 spiro atoms. The van der Waals surface area contributed by atoms with E-state index in [0.717, 1.165) is 28.3 Å². The average molecular weight is 482 g/mol. The molecule has 0 atom stereocenters. The smallest absolute Gasteiger partial charge is 0.255 e. The highest BCUT2D eigenvalue weighted by atomic mass is 19.1. The molecule has 0 aliphatic rings. The second-order valence-electron chi connectivity index (χ2n) is 8.10. The number of hydrogen-bond donors (Lipinski definition) is 1. The number of nitriles is 1. The predicted octanol–water partition coefficient (Wildman–Crippen LogP) is 5.59. The highest BCUT2D eigenvalue weighted by Gasteiger charge is 2.16. The number of amides is 1. The molecule has 0 radical (unpaired) electrons. The molecule has 4 aromatic rings. The number of benzene rings is 3. The van der Waals surface area contributed by atoms with Gasteiger partial charge in [-0.25, -0.2) is 4.39 Å². The normalized spacial score (nSPS) is 10.4. The molecule has 0 bridgehead atoms. The van der Waals surface area contributed by atoms with Crippen LogP contribution in [0.2, 0.25) is 0 Å². The minimum atomic E-state index is -0.517. The van der Waals surface area contributed by atoms with Gasteiger partial charge in [0, 0.05) is 18.3 Å². The summed E-state index contributed by atoms with van der Waals surface area (Å²) in [5.74, 6) is -0.197. The third-order valence-electron chi connectivity index (χ3n) is 5.67. The van der Waals surface area contributed by atoms with Gasteiger partial charge in [-0.1, -0.05) is 48.5 Å². The third-order valence-corrected chi connectivity index (χ3v) is 5.67. The number of aromatic nitrogens is 1. The molecule has 0 fully saturated rings. The van der Waals surface area contributed by atoms with Crippen molar-refractivity contribution in [3.63, 3.8) is 0 Å². The van der Waals surface area contributed by atoms with Crippen LogP contribution in [0.25, 0.3) is 11.3 Å². The molecule has 1 N–H and O–H groups in total. The molecule has 6 nitrogen and oxygen atoms in total. The first kappa shape index (κ1) is 24.4. The van der Waals surface area contributed by atoms with Crippen molar-refractivity contribution >= 4 is 5.91 Å². The van der Waals surface area contributed by atoms with E-state index in [2.05, 4.69) is 16.4 Å². The zero-order chi connectivity index (χ0) is 25.5. The molecule has 0 saturated heterocycles. The van der Waals surface area contributed by atoms with Crippen molar-refractivity contribution in [1.82, 2.24) is 10.3 Å². The molecule has 1 heterocycles. The molecular formula is C29H24FN3O3. The summed E-state index contributed by atoms with van der Waals surface area (Å²) in [6, 6.07) is 23.1. The summed E-state index contributed by atoms with van der Waals surface area (Å²) in [4.78, 5) is 17.0. The average Bonchev–Trinajstić information content (AvgIpc) is 2.91.